The number of benzene rings is 1. The van der Waals surface area contributed by atoms with Crippen molar-refractivity contribution in [2.24, 2.45) is 11.7 Å². The second-order valence-corrected chi connectivity index (χ2v) is 10.3. The first-order valence-corrected chi connectivity index (χ1v) is 14.0. The number of hydrogen-bond donors (Lipinski definition) is 2. The van der Waals surface area contributed by atoms with Crippen molar-refractivity contribution in [2.45, 2.75) is 117 Å². The SMILES string of the molecule is CCCC(C)OC(=O)Oc1ccc(C(C(C)C(C)OC(=O)OC(C)C)[C@H](N)C(=O)O)cc1OC(=O)OC(C)CCC. The molecular weight excluding hydrogens is 538 g/mol. The number of carbonyl (C=O) groups is 4. The van der Waals surface area contributed by atoms with E-state index in [1.54, 1.807) is 41.5 Å². The Labute approximate surface area is 241 Å². The predicted molar refractivity (Wildman–Crippen MR) is 149 cm³/mol. The fourth-order valence-corrected chi connectivity index (χ4v) is 4.15. The Hall–Kier alpha value is -3.54. The minimum absolute atomic E-state index is 0.150. The molecule has 3 N–H and O–H groups in total. The molecule has 0 aliphatic heterocycles. The average molecular weight is 584 g/mol. The smallest absolute Gasteiger partial charge is 0.480 e. The summed E-state index contributed by atoms with van der Waals surface area (Å²) in [6.45, 7) is 13.9. The molecule has 0 spiro atoms. The third kappa shape index (κ3) is 12.2. The number of carbonyl (C=O) groups excluding carboxylic acids is 3. The van der Waals surface area contributed by atoms with Crippen LogP contribution in [0.2, 0.25) is 0 Å². The standard InChI is InChI=1S/C29H45NO11/c1-9-11-17(5)37-28(34)40-22-14-13-21(15-23(22)41-29(35)38-18(6)12-10-2)24(25(30)26(31)32)19(7)20(8)39-27(33)36-16(3)4/h13-20,24-25H,9-12,30H2,1-8H3,(H,31,32)/t17?,18?,19?,20?,24?,25-/m0/s1. The maximum atomic E-state index is 12.6. The lowest BCUT2D eigenvalue weighted by Crippen LogP contribution is -2.42. The monoisotopic (exact) mass is 583 g/mol. The van der Waals surface area contributed by atoms with E-state index in [4.69, 9.17) is 34.2 Å². The number of carboxylic acid groups (broad SMARTS) is 1. The van der Waals surface area contributed by atoms with Crippen LogP contribution in [0.15, 0.2) is 18.2 Å². The minimum Gasteiger partial charge on any atom is -0.480 e. The molecule has 0 fully saturated rings. The molecule has 1 aromatic rings. The maximum absolute atomic E-state index is 12.6. The summed E-state index contributed by atoms with van der Waals surface area (Å²) in [7, 11) is 0. The number of rotatable bonds is 15. The van der Waals surface area contributed by atoms with Crippen LogP contribution in [0.4, 0.5) is 14.4 Å². The van der Waals surface area contributed by atoms with Gasteiger partial charge in [-0.15, -0.1) is 0 Å². The molecule has 0 aliphatic rings. The third-order valence-corrected chi connectivity index (χ3v) is 6.32. The zero-order valence-electron chi connectivity index (χ0n) is 25.2. The predicted octanol–water partition coefficient (Wildman–Crippen LogP) is 6.18. The molecule has 41 heavy (non-hydrogen) atoms. The largest absolute Gasteiger partial charge is 0.514 e. The number of hydrogen-bond acceptors (Lipinski definition) is 11. The average Bonchev–Trinajstić information content (AvgIpc) is 2.84. The highest BCUT2D eigenvalue weighted by molar-refractivity contribution is 5.75. The van der Waals surface area contributed by atoms with Gasteiger partial charge in [0.05, 0.1) is 6.10 Å². The molecule has 0 saturated heterocycles. The second-order valence-electron chi connectivity index (χ2n) is 10.3. The van der Waals surface area contributed by atoms with Crippen molar-refractivity contribution in [3.05, 3.63) is 23.8 Å². The lowest BCUT2D eigenvalue weighted by molar-refractivity contribution is -0.139. The van der Waals surface area contributed by atoms with Crippen molar-refractivity contribution in [1.82, 2.24) is 0 Å². The summed E-state index contributed by atoms with van der Waals surface area (Å²) in [6.07, 6.45) is -2.23. The van der Waals surface area contributed by atoms with Gasteiger partial charge in [0.15, 0.2) is 11.5 Å². The summed E-state index contributed by atoms with van der Waals surface area (Å²) < 4.78 is 31.6. The molecule has 0 amide bonds. The van der Waals surface area contributed by atoms with Crippen molar-refractivity contribution in [2.75, 3.05) is 0 Å². The van der Waals surface area contributed by atoms with Gasteiger partial charge >= 0.3 is 24.4 Å². The van der Waals surface area contributed by atoms with E-state index in [0.29, 0.717) is 18.4 Å². The Bertz CT molecular complexity index is 1010. The number of nitrogens with two attached hydrogens (primary N) is 1. The molecule has 6 atom stereocenters. The molecule has 12 heteroatoms. The maximum Gasteiger partial charge on any atom is 0.514 e. The fraction of sp³-hybridized carbons (Fsp3) is 0.655. The van der Waals surface area contributed by atoms with Gasteiger partial charge in [-0.05, 0) is 65.2 Å². The minimum atomic E-state index is -1.44. The Morgan fingerprint density at radius 2 is 1.27 bits per heavy atom. The highest BCUT2D eigenvalue weighted by atomic mass is 16.8. The Kier molecular flexibility index (Phi) is 15.0. The first-order chi connectivity index (χ1) is 19.2. The molecule has 1 rings (SSSR count). The number of aliphatic carboxylic acids is 1. The Morgan fingerprint density at radius 1 is 0.756 bits per heavy atom. The van der Waals surface area contributed by atoms with Gasteiger partial charge in [-0.3, -0.25) is 4.79 Å². The highest BCUT2D eigenvalue weighted by Crippen LogP contribution is 2.37. The first-order valence-electron chi connectivity index (χ1n) is 14.0. The molecular formula is C29H45NO11. The van der Waals surface area contributed by atoms with Gasteiger partial charge in [-0.25, -0.2) is 14.4 Å². The van der Waals surface area contributed by atoms with Crippen LogP contribution >= 0.6 is 0 Å². The summed E-state index contributed by atoms with van der Waals surface area (Å²) in [5.41, 5.74) is 6.41. The van der Waals surface area contributed by atoms with E-state index in [9.17, 15) is 24.3 Å². The third-order valence-electron chi connectivity index (χ3n) is 6.32. The van der Waals surface area contributed by atoms with Crippen LogP contribution in [-0.4, -0.2) is 60.0 Å². The van der Waals surface area contributed by atoms with Crippen LogP contribution in [0.5, 0.6) is 11.5 Å². The quantitative estimate of drug-likeness (QED) is 0.137. The van der Waals surface area contributed by atoms with E-state index in [-0.39, 0.29) is 11.5 Å². The lowest BCUT2D eigenvalue weighted by atomic mass is 9.79. The van der Waals surface area contributed by atoms with Gasteiger partial charge in [0.2, 0.25) is 0 Å². The van der Waals surface area contributed by atoms with Crippen LogP contribution in [-0.2, 0) is 23.7 Å². The van der Waals surface area contributed by atoms with E-state index >= 15 is 0 Å². The van der Waals surface area contributed by atoms with Gasteiger partial charge in [0.1, 0.15) is 24.4 Å². The van der Waals surface area contributed by atoms with Crippen LogP contribution in [0, 0.1) is 5.92 Å². The van der Waals surface area contributed by atoms with Crippen LogP contribution < -0.4 is 15.2 Å². The fourth-order valence-electron chi connectivity index (χ4n) is 4.15. The van der Waals surface area contributed by atoms with Crippen molar-refractivity contribution < 1.29 is 52.7 Å². The van der Waals surface area contributed by atoms with E-state index in [1.165, 1.54) is 18.2 Å². The molecule has 0 bridgehead atoms. The molecule has 1 aromatic carbocycles. The second kappa shape index (κ2) is 17.3. The van der Waals surface area contributed by atoms with E-state index in [0.717, 1.165) is 12.8 Å². The van der Waals surface area contributed by atoms with Crippen LogP contribution in [0.3, 0.4) is 0 Å². The molecule has 232 valence electrons. The molecule has 0 radical (unpaired) electrons. The Balaban J connectivity index is 3.43. The van der Waals surface area contributed by atoms with Gasteiger partial charge in [0.25, 0.3) is 0 Å². The summed E-state index contributed by atoms with van der Waals surface area (Å²) in [5, 5.41) is 9.76. The number of ether oxygens (including phenoxy) is 6. The highest BCUT2D eigenvalue weighted by Gasteiger charge is 2.36. The van der Waals surface area contributed by atoms with E-state index in [2.05, 4.69) is 0 Å². The van der Waals surface area contributed by atoms with E-state index < -0.39 is 66.7 Å². The first kappa shape index (κ1) is 35.5. The summed E-state index contributed by atoms with van der Waals surface area (Å²) >= 11 is 0. The van der Waals surface area contributed by atoms with Crippen LogP contribution in [0.1, 0.15) is 92.6 Å². The molecule has 5 unspecified atom stereocenters. The zero-order chi connectivity index (χ0) is 31.3. The van der Waals surface area contributed by atoms with Gasteiger partial charge in [-0.2, -0.15) is 0 Å². The summed E-state index contributed by atoms with van der Waals surface area (Å²) in [5.74, 6) is -3.24. The van der Waals surface area contributed by atoms with Gasteiger partial charge in [-0.1, -0.05) is 39.7 Å². The molecule has 0 saturated carbocycles. The summed E-state index contributed by atoms with van der Waals surface area (Å²) in [6, 6.07) is 2.73. The number of carboxylic acids is 1. The normalized spacial score (nSPS) is 15.5. The lowest BCUT2D eigenvalue weighted by Gasteiger charge is -2.31. The van der Waals surface area contributed by atoms with Crippen molar-refractivity contribution in [3.8, 4) is 11.5 Å². The molecule has 12 nitrogen and oxygen atoms in total. The molecule has 0 heterocycles. The summed E-state index contributed by atoms with van der Waals surface area (Å²) in [4.78, 5) is 49.0. The van der Waals surface area contributed by atoms with Crippen molar-refractivity contribution in [1.29, 1.82) is 0 Å². The Morgan fingerprint density at radius 3 is 1.73 bits per heavy atom. The van der Waals surface area contributed by atoms with Crippen molar-refractivity contribution >= 4 is 24.4 Å². The van der Waals surface area contributed by atoms with Crippen molar-refractivity contribution in [3.63, 3.8) is 0 Å². The zero-order valence-corrected chi connectivity index (χ0v) is 25.2. The molecule has 0 aliphatic carbocycles. The van der Waals surface area contributed by atoms with Gasteiger partial charge in [0, 0.05) is 11.8 Å². The van der Waals surface area contributed by atoms with Crippen LogP contribution in [0.25, 0.3) is 0 Å². The molecule has 0 aromatic heterocycles. The van der Waals surface area contributed by atoms with E-state index in [1.807, 2.05) is 13.8 Å². The topological polar surface area (TPSA) is 170 Å². The van der Waals surface area contributed by atoms with Gasteiger partial charge < -0.3 is 39.3 Å².